The summed E-state index contributed by atoms with van der Waals surface area (Å²) in [5, 5.41) is 2.77. The minimum Gasteiger partial charge on any atom is -0.454 e. The number of sulfonamides is 1. The SMILES string of the molecule is CC(C)(C)C(=O)Nc1ccc(C(=O)COC(=O)c2cccc(S(=O)(=O)N3CCCC3)c2)cc1. The van der Waals surface area contributed by atoms with Crippen LogP contribution in [-0.2, 0) is 19.6 Å². The first-order valence-corrected chi connectivity index (χ1v) is 12.1. The van der Waals surface area contributed by atoms with Gasteiger partial charge in [0.25, 0.3) is 0 Å². The highest BCUT2D eigenvalue weighted by molar-refractivity contribution is 7.89. The fraction of sp³-hybridized carbons (Fsp3) is 0.375. The second-order valence-electron chi connectivity index (χ2n) is 8.92. The average molecular weight is 473 g/mol. The Labute approximate surface area is 194 Å². The molecule has 8 nitrogen and oxygen atoms in total. The molecule has 1 N–H and O–H groups in total. The Morgan fingerprint density at radius 1 is 0.970 bits per heavy atom. The fourth-order valence-corrected chi connectivity index (χ4v) is 4.78. The first-order chi connectivity index (χ1) is 15.5. The molecule has 1 heterocycles. The van der Waals surface area contributed by atoms with Gasteiger partial charge in [0.2, 0.25) is 15.9 Å². The van der Waals surface area contributed by atoms with Gasteiger partial charge in [0.05, 0.1) is 10.5 Å². The van der Waals surface area contributed by atoms with Crippen LogP contribution in [0.5, 0.6) is 0 Å². The van der Waals surface area contributed by atoms with Crippen molar-refractivity contribution in [1.82, 2.24) is 4.31 Å². The Morgan fingerprint density at radius 3 is 2.21 bits per heavy atom. The number of esters is 1. The van der Waals surface area contributed by atoms with Crippen molar-refractivity contribution in [2.75, 3.05) is 25.0 Å². The number of hydrogen-bond acceptors (Lipinski definition) is 6. The molecule has 2 aromatic rings. The monoisotopic (exact) mass is 472 g/mol. The van der Waals surface area contributed by atoms with E-state index in [0.717, 1.165) is 12.8 Å². The molecule has 0 spiro atoms. The van der Waals surface area contributed by atoms with Gasteiger partial charge in [-0.05, 0) is 55.3 Å². The first-order valence-electron chi connectivity index (χ1n) is 10.7. The van der Waals surface area contributed by atoms with Crippen LogP contribution in [0.25, 0.3) is 0 Å². The number of ketones is 1. The third-order valence-corrected chi connectivity index (χ3v) is 7.15. The molecule has 1 amide bonds. The van der Waals surface area contributed by atoms with E-state index in [-0.39, 0.29) is 16.4 Å². The van der Waals surface area contributed by atoms with Crippen LogP contribution in [0, 0.1) is 5.41 Å². The zero-order valence-corrected chi connectivity index (χ0v) is 19.8. The molecule has 0 radical (unpaired) electrons. The lowest BCUT2D eigenvalue weighted by Crippen LogP contribution is -2.28. The van der Waals surface area contributed by atoms with Gasteiger partial charge in [-0.15, -0.1) is 0 Å². The number of carbonyl (C=O) groups excluding carboxylic acids is 3. The molecule has 33 heavy (non-hydrogen) atoms. The van der Waals surface area contributed by atoms with E-state index < -0.39 is 33.8 Å². The number of anilines is 1. The molecule has 0 atom stereocenters. The Kier molecular flexibility index (Phi) is 7.34. The van der Waals surface area contributed by atoms with Gasteiger partial charge in [-0.3, -0.25) is 9.59 Å². The van der Waals surface area contributed by atoms with Crippen molar-refractivity contribution >= 4 is 33.4 Å². The lowest BCUT2D eigenvalue weighted by atomic mass is 9.95. The molecule has 1 saturated heterocycles. The second kappa shape index (κ2) is 9.84. The van der Waals surface area contributed by atoms with Crippen LogP contribution in [0.2, 0.25) is 0 Å². The highest BCUT2D eigenvalue weighted by Crippen LogP contribution is 2.22. The second-order valence-corrected chi connectivity index (χ2v) is 10.9. The Morgan fingerprint density at radius 2 is 1.61 bits per heavy atom. The van der Waals surface area contributed by atoms with E-state index in [1.54, 1.807) is 32.9 Å². The van der Waals surface area contributed by atoms with Crippen LogP contribution in [-0.4, -0.2) is 50.1 Å². The number of carbonyl (C=O) groups is 3. The lowest BCUT2D eigenvalue weighted by molar-refractivity contribution is -0.123. The zero-order valence-electron chi connectivity index (χ0n) is 19.0. The molecule has 0 bridgehead atoms. The van der Waals surface area contributed by atoms with Crippen molar-refractivity contribution in [2.24, 2.45) is 5.41 Å². The maximum Gasteiger partial charge on any atom is 0.338 e. The van der Waals surface area contributed by atoms with Gasteiger partial charge in [-0.1, -0.05) is 26.8 Å². The molecule has 0 saturated carbocycles. The number of amides is 1. The molecular formula is C24H28N2O6S. The Balaban J connectivity index is 1.60. The fourth-order valence-electron chi connectivity index (χ4n) is 3.22. The summed E-state index contributed by atoms with van der Waals surface area (Å²) in [7, 11) is -3.66. The van der Waals surface area contributed by atoms with Crippen molar-refractivity contribution in [3.8, 4) is 0 Å². The van der Waals surface area contributed by atoms with Crippen molar-refractivity contribution < 1.29 is 27.5 Å². The van der Waals surface area contributed by atoms with Crippen molar-refractivity contribution in [3.63, 3.8) is 0 Å². The first kappa shape index (κ1) is 24.6. The quantitative estimate of drug-likeness (QED) is 0.488. The molecule has 1 fully saturated rings. The summed E-state index contributed by atoms with van der Waals surface area (Å²) >= 11 is 0. The highest BCUT2D eigenvalue weighted by Gasteiger charge is 2.28. The summed E-state index contributed by atoms with van der Waals surface area (Å²) in [6.45, 7) is 5.83. The highest BCUT2D eigenvalue weighted by atomic mass is 32.2. The van der Waals surface area contributed by atoms with E-state index in [2.05, 4.69) is 5.32 Å². The summed E-state index contributed by atoms with van der Waals surface area (Å²) in [5.74, 6) is -1.35. The molecule has 9 heteroatoms. The molecule has 0 aromatic heterocycles. The van der Waals surface area contributed by atoms with Crippen molar-refractivity contribution in [2.45, 2.75) is 38.5 Å². The van der Waals surface area contributed by atoms with Crippen LogP contribution < -0.4 is 5.32 Å². The zero-order chi connectivity index (χ0) is 24.2. The van der Waals surface area contributed by atoms with Crippen LogP contribution >= 0.6 is 0 Å². The molecule has 1 aliphatic rings. The Bertz CT molecular complexity index is 1140. The molecule has 3 rings (SSSR count). The number of rotatable bonds is 7. The average Bonchev–Trinajstić information content (AvgIpc) is 3.33. The maximum atomic E-state index is 12.7. The van der Waals surface area contributed by atoms with Crippen molar-refractivity contribution in [3.05, 3.63) is 59.7 Å². The number of nitrogens with one attached hydrogen (secondary N) is 1. The molecule has 1 aliphatic heterocycles. The van der Waals surface area contributed by atoms with Gasteiger partial charge >= 0.3 is 5.97 Å². The van der Waals surface area contributed by atoms with E-state index in [0.29, 0.717) is 24.3 Å². The van der Waals surface area contributed by atoms with Gasteiger partial charge < -0.3 is 10.1 Å². The minimum atomic E-state index is -3.66. The number of hydrogen-bond donors (Lipinski definition) is 1. The van der Waals surface area contributed by atoms with Gasteiger partial charge in [0.15, 0.2) is 12.4 Å². The smallest absolute Gasteiger partial charge is 0.338 e. The predicted octanol–water partition coefficient (Wildman–Crippen LogP) is 3.50. The van der Waals surface area contributed by atoms with Crippen molar-refractivity contribution in [1.29, 1.82) is 0 Å². The van der Waals surface area contributed by atoms with Crippen LogP contribution in [0.3, 0.4) is 0 Å². The normalized spacial score (nSPS) is 14.6. The van der Waals surface area contributed by atoms with Gasteiger partial charge in [0.1, 0.15) is 0 Å². The lowest BCUT2D eigenvalue weighted by Gasteiger charge is -2.17. The predicted molar refractivity (Wildman–Crippen MR) is 124 cm³/mol. The van der Waals surface area contributed by atoms with E-state index in [1.165, 1.54) is 40.7 Å². The third-order valence-electron chi connectivity index (χ3n) is 5.25. The van der Waals surface area contributed by atoms with E-state index >= 15 is 0 Å². The van der Waals surface area contributed by atoms with E-state index in [1.807, 2.05) is 0 Å². The summed E-state index contributed by atoms with van der Waals surface area (Å²) in [5.41, 5.74) is 0.387. The minimum absolute atomic E-state index is 0.0260. The molecule has 0 aliphatic carbocycles. The van der Waals surface area contributed by atoms with Gasteiger partial charge in [-0.2, -0.15) is 4.31 Å². The van der Waals surface area contributed by atoms with E-state index in [9.17, 15) is 22.8 Å². The molecular weight excluding hydrogens is 444 g/mol. The summed E-state index contributed by atoms with van der Waals surface area (Å²) in [4.78, 5) is 36.9. The van der Waals surface area contributed by atoms with Crippen LogP contribution in [0.4, 0.5) is 5.69 Å². The topological polar surface area (TPSA) is 110 Å². The van der Waals surface area contributed by atoms with E-state index in [4.69, 9.17) is 4.74 Å². The number of Topliss-reactive ketones (excluding diaryl/α,β-unsaturated/α-hetero) is 1. The maximum absolute atomic E-state index is 12.7. The molecule has 176 valence electrons. The summed E-state index contributed by atoms with van der Waals surface area (Å²) in [6.07, 6.45) is 1.63. The van der Waals surface area contributed by atoms with Gasteiger partial charge in [0, 0.05) is 29.8 Å². The standard InChI is InChI=1S/C24H28N2O6S/c1-24(2,3)23(29)25-19-11-9-17(10-12-19)21(27)16-32-22(28)18-7-6-8-20(15-18)33(30,31)26-13-4-5-14-26/h6-12,15H,4-5,13-14,16H2,1-3H3,(H,25,29). The molecule has 0 unspecified atom stereocenters. The van der Waals surface area contributed by atoms with Crippen LogP contribution in [0.15, 0.2) is 53.4 Å². The third kappa shape index (κ3) is 6.06. The number of nitrogens with zero attached hydrogens (tertiary/aromatic N) is 1. The largest absolute Gasteiger partial charge is 0.454 e. The Hall–Kier alpha value is -3.04. The summed E-state index contributed by atoms with van der Waals surface area (Å²) < 4.78 is 31.9. The summed E-state index contributed by atoms with van der Waals surface area (Å²) in [6, 6.07) is 11.9. The van der Waals surface area contributed by atoms with Gasteiger partial charge in [-0.25, -0.2) is 13.2 Å². The number of ether oxygens (including phenoxy) is 1. The van der Waals surface area contributed by atoms with Crippen LogP contribution in [0.1, 0.15) is 54.3 Å². The molecule has 2 aromatic carbocycles. The number of benzene rings is 2.